The quantitative estimate of drug-likeness (QED) is 0.155. The Kier molecular flexibility index (Phi) is 9.89. The number of fused-ring (bicyclic) bond motifs is 3. The Labute approximate surface area is 362 Å². The van der Waals surface area contributed by atoms with Crippen LogP contribution in [0.4, 0.5) is 39.9 Å². The van der Waals surface area contributed by atoms with Crippen molar-refractivity contribution < 1.29 is 4.74 Å². The minimum atomic E-state index is -0.0180. The van der Waals surface area contributed by atoms with E-state index in [0.29, 0.717) is 12.4 Å². The van der Waals surface area contributed by atoms with E-state index >= 15 is 0 Å². The van der Waals surface area contributed by atoms with Crippen molar-refractivity contribution in [1.29, 1.82) is 0 Å². The second-order valence-electron chi connectivity index (χ2n) is 19.0. The Morgan fingerprint density at radius 1 is 0.533 bits per heavy atom. The van der Waals surface area contributed by atoms with Crippen LogP contribution in [0.15, 0.2) is 146 Å². The third kappa shape index (κ3) is 7.57. The minimum absolute atomic E-state index is 0.0111. The molecule has 0 spiro atoms. The average molecular weight is 855 g/mol. The van der Waals surface area contributed by atoms with Gasteiger partial charge in [0.1, 0.15) is 0 Å². The van der Waals surface area contributed by atoms with Gasteiger partial charge in [-0.1, -0.05) is 84.0 Å². The Balaban J connectivity index is 1.10. The van der Waals surface area contributed by atoms with Gasteiger partial charge in [-0.25, -0.2) is 0 Å². The fourth-order valence-corrected chi connectivity index (χ4v) is 10.1. The largest absolute Gasteiger partial charge is 0.0561 e. The van der Waals surface area contributed by atoms with Gasteiger partial charge in [0.05, 0.1) is 0 Å². The van der Waals surface area contributed by atoms with Crippen molar-refractivity contribution in [2.75, 3.05) is 21.4 Å². The first-order chi connectivity index (χ1) is 28.6. The van der Waals surface area contributed by atoms with Gasteiger partial charge in [-0.05, 0) is 39.7 Å². The number of aromatic nitrogens is 2. The standard InChI is InChI=1S/C53H53N5OSe/c1-51(2,3)36-25-26-54-48(30-36)58-44-22-13-14-24-47(44)60-50-46(58)32-42(33-55-50)59-41-20-15-19-39(31-41)56-34-57(40-28-37(52(4,5)6)27-38(29-40)53(7,8)9)49-43(21-16-23-45(49)56)35-17-11-10-12-18-35/h10-33H,34H2,1-9H3. The van der Waals surface area contributed by atoms with Gasteiger partial charge in [0.25, 0.3) is 0 Å². The second-order valence-corrected chi connectivity index (χ2v) is 21.1. The van der Waals surface area contributed by atoms with Gasteiger partial charge >= 0.3 is 240 Å². The summed E-state index contributed by atoms with van der Waals surface area (Å²) in [5.41, 5.74) is 13.0. The summed E-state index contributed by atoms with van der Waals surface area (Å²) in [6.45, 7) is 21.2. The molecule has 2 aliphatic rings. The molecule has 2 aliphatic heterocycles. The van der Waals surface area contributed by atoms with E-state index in [2.05, 4.69) is 204 Å². The summed E-state index contributed by atoms with van der Waals surface area (Å²) in [5.74, 6) is 2.31. The first kappa shape index (κ1) is 39.6. The molecule has 7 aromatic rings. The number of ether oxygens (including phenoxy) is 1. The van der Waals surface area contributed by atoms with Gasteiger partial charge in [-0.3, -0.25) is 0 Å². The molecular weight excluding hydrogens is 802 g/mol. The number of hydrogen-bond donors (Lipinski definition) is 0. The van der Waals surface area contributed by atoms with Gasteiger partial charge in [-0.2, -0.15) is 0 Å². The molecule has 0 unspecified atom stereocenters. The molecule has 0 saturated carbocycles. The molecule has 0 N–H and O–H groups in total. The zero-order chi connectivity index (χ0) is 42.0. The Morgan fingerprint density at radius 3 is 1.95 bits per heavy atom. The average Bonchev–Trinajstić information content (AvgIpc) is 3.62. The van der Waals surface area contributed by atoms with Crippen LogP contribution in [0.3, 0.4) is 0 Å². The van der Waals surface area contributed by atoms with Crippen molar-refractivity contribution in [3.8, 4) is 22.6 Å². The summed E-state index contributed by atoms with van der Waals surface area (Å²) in [5, 5.41) is 0. The Hall–Kier alpha value is -5.88. The summed E-state index contributed by atoms with van der Waals surface area (Å²) < 4.78 is 9.09. The van der Waals surface area contributed by atoms with Crippen molar-refractivity contribution in [1.82, 2.24) is 9.97 Å². The summed E-state index contributed by atoms with van der Waals surface area (Å²) >= 11 is 0.0379. The fourth-order valence-electron chi connectivity index (χ4n) is 8.02. The SMILES string of the molecule is CC(C)(C)c1cc(N2CN(c3cccc(Oc4cnc5c(c4)N(c4cc(C(C)(C)C)ccn4)c4ccccc4[Se]5)c3)c3cccc(-c4ccccc4)c32)cc(C(C)(C)C)c1. The summed E-state index contributed by atoms with van der Waals surface area (Å²) in [6, 6.07) is 48.1. The van der Waals surface area contributed by atoms with Crippen molar-refractivity contribution in [3.63, 3.8) is 0 Å². The summed E-state index contributed by atoms with van der Waals surface area (Å²) in [6.07, 6.45) is 3.79. The Bertz CT molecular complexity index is 2690. The predicted molar refractivity (Wildman–Crippen MR) is 252 cm³/mol. The van der Waals surface area contributed by atoms with E-state index in [9.17, 15) is 0 Å². The molecule has 0 atom stereocenters. The number of para-hydroxylation sites is 2. The minimum Gasteiger partial charge on any atom is -0.0561 e. The molecule has 0 saturated heterocycles. The van der Waals surface area contributed by atoms with Crippen molar-refractivity contribution in [2.24, 2.45) is 0 Å². The number of pyridine rings is 2. The third-order valence-electron chi connectivity index (χ3n) is 11.5. The molecular formula is C53H53N5OSe. The zero-order valence-corrected chi connectivity index (χ0v) is 37.8. The maximum atomic E-state index is 6.75. The molecule has 6 nitrogen and oxygen atoms in total. The van der Waals surface area contributed by atoms with E-state index in [1.807, 2.05) is 18.5 Å². The molecule has 9 rings (SSSR count). The molecule has 2 aromatic heterocycles. The predicted octanol–water partition coefficient (Wildman–Crippen LogP) is 12.5. The monoisotopic (exact) mass is 855 g/mol. The third-order valence-corrected chi connectivity index (χ3v) is 13.7. The maximum absolute atomic E-state index is 6.75. The van der Waals surface area contributed by atoms with Gasteiger partial charge in [0.2, 0.25) is 0 Å². The van der Waals surface area contributed by atoms with Crippen LogP contribution in [-0.4, -0.2) is 31.6 Å². The molecule has 4 heterocycles. The van der Waals surface area contributed by atoms with E-state index in [-0.39, 0.29) is 31.2 Å². The molecule has 302 valence electrons. The zero-order valence-electron chi connectivity index (χ0n) is 36.1. The van der Waals surface area contributed by atoms with E-state index in [1.54, 1.807) is 0 Å². The molecule has 5 aromatic carbocycles. The van der Waals surface area contributed by atoms with Gasteiger partial charge in [0, 0.05) is 0 Å². The molecule has 0 bridgehead atoms. The first-order valence-electron chi connectivity index (χ1n) is 20.8. The van der Waals surface area contributed by atoms with Crippen molar-refractivity contribution in [3.05, 3.63) is 163 Å². The smallest absolute Gasteiger partial charge is 0.0131 e. The molecule has 0 radical (unpaired) electrons. The van der Waals surface area contributed by atoms with Crippen LogP contribution >= 0.6 is 0 Å². The topological polar surface area (TPSA) is 44.7 Å². The number of nitrogens with zero attached hydrogens (tertiary/aromatic N) is 5. The van der Waals surface area contributed by atoms with Crippen LogP contribution < -0.4 is 28.5 Å². The maximum Gasteiger partial charge on any atom is -0.0131 e. The van der Waals surface area contributed by atoms with E-state index < -0.39 is 0 Å². The van der Waals surface area contributed by atoms with E-state index in [0.717, 1.165) is 38.9 Å². The molecule has 7 heteroatoms. The van der Waals surface area contributed by atoms with Crippen LogP contribution in [0.5, 0.6) is 11.5 Å². The van der Waals surface area contributed by atoms with E-state index in [1.165, 1.54) is 43.7 Å². The van der Waals surface area contributed by atoms with Crippen LogP contribution in [-0.2, 0) is 16.2 Å². The molecule has 0 aliphatic carbocycles. The van der Waals surface area contributed by atoms with Gasteiger partial charge in [-0.15, -0.1) is 0 Å². The van der Waals surface area contributed by atoms with Crippen LogP contribution in [0.1, 0.15) is 79.0 Å². The molecule has 0 amide bonds. The summed E-state index contributed by atoms with van der Waals surface area (Å²) in [7, 11) is 0. The molecule has 60 heavy (non-hydrogen) atoms. The van der Waals surface area contributed by atoms with Crippen molar-refractivity contribution in [2.45, 2.75) is 78.6 Å². The fraction of sp³-hybridized carbons (Fsp3) is 0.245. The van der Waals surface area contributed by atoms with Crippen molar-refractivity contribution >= 4 is 64.0 Å². The second kappa shape index (κ2) is 15.0. The number of rotatable bonds is 6. The number of benzene rings is 5. The van der Waals surface area contributed by atoms with Crippen LogP contribution in [0.2, 0.25) is 0 Å². The Morgan fingerprint density at radius 2 is 1.22 bits per heavy atom. The molecule has 0 fully saturated rings. The number of anilines is 7. The van der Waals surface area contributed by atoms with Gasteiger partial charge in [0.15, 0.2) is 0 Å². The van der Waals surface area contributed by atoms with Crippen LogP contribution in [0.25, 0.3) is 11.1 Å². The van der Waals surface area contributed by atoms with Gasteiger partial charge < -0.3 is 0 Å². The van der Waals surface area contributed by atoms with E-state index in [4.69, 9.17) is 14.7 Å². The van der Waals surface area contributed by atoms with Crippen LogP contribution in [0, 0.1) is 0 Å². The number of hydrogen-bond acceptors (Lipinski definition) is 6. The summed E-state index contributed by atoms with van der Waals surface area (Å²) in [4.78, 5) is 17.1. The normalized spacial score (nSPS) is 13.8. The first-order valence-corrected chi connectivity index (χ1v) is 22.5.